The molecule has 0 spiro atoms. The Morgan fingerprint density at radius 2 is 2.41 bits per heavy atom. The largest absolute Gasteiger partial charge is 0.463 e. The Kier molecular flexibility index (Phi) is 4.58. The minimum Gasteiger partial charge on any atom is -0.463 e. The molecule has 94 valence electrons. The normalized spacial score (nSPS) is 12.1. The fourth-order valence-corrected chi connectivity index (χ4v) is 1.24. The molecule has 0 amide bonds. The lowest BCUT2D eigenvalue weighted by Crippen LogP contribution is -2.25. The number of esters is 1. The summed E-state index contributed by atoms with van der Waals surface area (Å²) in [6, 6.07) is 0. The summed E-state index contributed by atoms with van der Waals surface area (Å²) in [5, 5.41) is 10.6. The molecule has 0 radical (unpaired) electrons. The van der Waals surface area contributed by atoms with Crippen LogP contribution in [0.3, 0.4) is 0 Å². The van der Waals surface area contributed by atoms with E-state index >= 15 is 0 Å². The van der Waals surface area contributed by atoms with Gasteiger partial charge in [-0.25, -0.2) is 4.57 Å². The first-order valence-electron chi connectivity index (χ1n) is 4.86. The number of rotatable bonds is 6. The maximum atomic E-state index is 10.6. The van der Waals surface area contributed by atoms with Crippen LogP contribution in [0, 0.1) is 10.1 Å². The van der Waals surface area contributed by atoms with Gasteiger partial charge in [-0.15, -0.1) is 0 Å². The summed E-state index contributed by atoms with van der Waals surface area (Å²) in [6.45, 7) is 1.52. The average molecular weight is 243 g/mol. The fourth-order valence-electron chi connectivity index (χ4n) is 1.24. The summed E-state index contributed by atoms with van der Waals surface area (Å²) >= 11 is 0. The standard InChI is InChI=1S/C9H13N3O5/c1-7(13)17-6-8(16-2)5-11-4-3-10-9(11)12(14)15/h3-4,8H,5-6H2,1-2H3. The van der Waals surface area contributed by atoms with Crippen LogP contribution in [0.1, 0.15) is 6.92 Å². The Balaban J connectivity index is 2.63. The quantitative estimate of drug-likeness (QED) is 0.407. The monoisotopic (exact) mass is 243 g/mol. The van der Waals surface area contributed by atoms with E-state index in [1.165, 1.54) is 31.0 Å². The van der Waals surface area contributed by atoms with E-state index in [1.807, 2.05) is 0 Å². The van der Waals surface area contributed by atoms with E-state index in [-0.39, 0.29) is 19.1 Å². The topological polar surface area (TPSA) is 96.5 Å². The lowest BCUT2D eigenvalue weighted by molar-refractivity contribution is -0.397. The van der Waals surface area contributed by atoms with Crippen LogP contribution >= 0.6 is 0 Å². The number of hydrogen-bond donors (Lipinski definition) is 0. The molecule has 0 aliphatic heterocycles. The predicted octanol–water partition coefficient (Wildman–Crippen LogP) is 0.369. The highest BCUT2D eigenvalue weighted by atomic mass is 16.6. The maximum absolute atomic E-state index is 10.6. The zero-order valence-corrected chi connectivity index (χ0v) is 9.53. The Hall–Kier alpha value is -1.96. The second kappa shape index (κ2) is 5.94. The van der Waals surface area contributed by atoms with Crippen molar-refractivity contribution in [1.82, 2.24) is 9.55 Å². The van der Waals surface area contributed by atoms with Gasteiger partial charge in [0.2, 0.25) is 0 Å². The number of hydrogen-bond acceptors (Lipinski definition) is 6. The van der Waals surface area contributed by atoms with Gasteiger partial charge in [0.25, 0.3) is 0 Å². The number of nitrogens with zero attached hydrogens (tertiary/aromatic N) is 3. The molecule has 0 saturated carbocycles. The fraction of sp³-hybridized carbons (Fsp3) is 0.556. The van der Waals surface area contributed by atoms with Crippen LogP contribution in [0.5, 0.6) is 0 Å². The molecule has 17 heavy (non-hydrogen) atoms. The molecule has 0 fully saturated rings. The minimum atomic E-state index is -0.585. The van der Waals surface area contributed by atoms with E-state index in [1.54, 1.807) is 0 Å². The van der Waals surface area contributed by atoms with Gasteiger partial charge in [-0.3, -0.25) is 4.79 Å². The molecule has 8 heteroatoms. The third-order valence-electron chi connectivity index (χ3n) is 2.06. The summed E-state index contributed by atoms with van der Waals surface area (Å²) in [5.41, 5.74) is 0. The van der Waals surface area contributed by atoms with Crippen LogP contribution in [0.15, 0.2) is 12.4 Å². The molecule has 1 rings (SSSR count). The zero-order valence-electron chi connectivity index (χ0n) is 9.53. The SMILES string of the molecule is COC(COC(C)=O)Cn1ccnc1[N+](=O)[O-]. The van der Waals surface area contributed by atoms with E-state index in [4.69, 9.17) is 9.47 Å². The van der Waals surface area contributed by atoms with Gasteiger partial charge in [-0.05, 0) is 4.92 Å². The number of nitro groups is 1. The number of methoxy groups -OCH3 is 1. The summed E-state index contributed by atoms with van der Waals surface area (Å²) in [6.07, 6.45) is 2.35. The first-order chi connectivity index (χ1) is 8.04. The summed E-state index contributed by atoms with van der Waals surface area (Å²) in [5.74, 6) is -0.693. The summed E-state index contributed by atoms with van der Waals surface area (Å²) in [4.78, 5) is 24.3. The molecule has 0 saturated heterocycles. The number of imidazole rings is 1. The third-order valence-corrected chi connectivity index (χ3v) is 2.06. The van der Waals surface area contributed by atoms with Gasteiger partial charge in [-0.1, -0.05) is 4.98 Å². The van der Waals surface area contributed by atoms with Gasteiger partial charge < -0.3 is 19.6 Å². The van der Waals surface area contributed by atoms with Gasteiger partial charge in [0.1, 0.15) is 31.6 Å². The van der Waals surface area contributed by atoms with Crippen LogP contribution in [-0.2, 0) is 20.8 Å². The lowest BCUT2D eigenvalue weighted by atomic mass is 10.3. The van der Waals surface area contributed by atoms with Gasteiger partial charge in [0, 0.05) is 14.0 Å². The molecule has 1 heterocycles. The van der Waals surface area contributed by atoms with E-state index < -0.39 is 17.0 Å². The third kappa shape index (κ3) is 3.83. The lowest BCUT2D eigenvalue weighted by Gasteiger charge is -2.13. The summed E-state index contributed by atoms with van der Waals surface area (Å²) < 4.78 is 11.2. The zero-order chi connectivity index (χ0) is 12.8. The molecule has 0 aliphatic rings. The summed E-state index contributed by atoms with van der Waals surface area (Å²) in [7, 11) is 1.44. The van der Waals surface area contributed by atoms with Crippen molar-refractivity contribution in [2.24, 2.45) is 0 Å². The van der Waals surface area contributed by atoms with Crippen LogP contribution in [0.25, 0.3) is 0 Å². The van der Waals surface area contributed by atoms with Gasteiger partial charge in [-0.2, -0.15) is 0 Å². The smallest absolute Gasteiger partial charge is 0.434 e. The second-order valence-electron chi connectivity index (χ2n) is 3.30. The average Bonchev–Trinajstić information content (AvgIpc) is 2.71. The number of carbonyl (C=O) groups excluding carboxylic acids is 1. The molecular weight excluding hydrogens is 230 g/mol. The first kappa shape index (κ1) is 13.1. The molecular formula is C9H13N3O5. The van der Waals surface area contributed by atoms with Crippen molar-refractivity contribution in [1.29, 1.82) is 0 Å². The molecule has 8 nitrogen and oxygen atoms in total. The Morgan fingerprint density at radius 1 is 1.71 bits per heavy atom. The highest BCUT2D eigenvalue weighted by molar-refractivity contribution is 5.65. The number of aromatic nitrogens is 2. The minimum absolute atomic E-state index is 0.0428. The van der Waals surface area contributed by atoms with E-state index in [0.717, 1.165) is 0 Å². The van der Waals surface area contributed by atoms with Crippen molar-refractivity contribution in [2.45, 2.75) is 19.6 Å². The molecule has 1 aromatic rings. The Bertz CT molecular complexity index is 403. The predicted molar refractivity (Wildman–Crippen MR) is 56.3 cm³/mol. The van der Waals surface area contributed by atoms with Crippen molar-refractivity contribution >= 4 is 11.9 Å². The highest BCUT2D eigenvalue weighted by Gasteiger charge is 2.19. The number of ether oxygens (including phenoxy) is 2. The van der Waals surface area contributed by atoms with E-state index in [2.05, 4.69) is 4.98 Å². The number of carbonyl (C=O) groups is 1. The van der Waals surface area contributed by atoms with Crippen molar-refractivity contribution < 1.29 is 19.2 Å². The molecule has 1 aromatic heterocycles. The van der Waals surface area contributed by atoms with Gasteiger partial charge in [0.05, 0.1) is 0 Å². The van der Waals surface area contributed by atoms with Crippen LogP contribution < -0.4 is 0 Å². The van der Waals surface area contributed by atoms with Crippen molar-refractivity contribution in [3.63, 3.8) is 0 Å². The van der Waals surface area contributed by atoms with Crippen molar-refractivity contribution in [3.8, 4) is 0 Å². The maximum Gasteiger partial charge on any atom is 0.434 e. The van der Waals surface area contributed by atoms with Crippen molar-refractivity contribution in [3.05, 3.63) is 22.5 Å². The second-order valence-corrected chi connectivity index (χ2v) is 3.30. The van der Waals surface area contributed by atoms with Crippen LogP contribution in [0.4, 0.5) is 5.95 Å². The van der Waals surface area contributed by atoms with Crippen LogP contribution in [0.2, 0.25) is 0 Å². The van der Waals surface area contributed by atoms with E-state index in [0.29, 0.717) is 0 Å². The Labute approximate surface area is 97.3 Å². The molecule has 0 aliphatic carbocycles. The van der Waals surface area contributed by atoms with Gasteiger partial charge in [0.15, 0.2) is 0 Å². The van der Waals surface area contributed by atoms with E-state index in [9.17, 15) is 14.9 Å². The molecule has 0 aromatic carbocycles. The molecule has 1 unspecified atom stereocenters. The van der Waals surface area contributed by atoms with Crippen molar-refractivity contribution in [2.75, 3.05) is 13.7 Å². The molecule has 0 bridgehead atoms. The first-order valence-corrected chi connectivity index (χ1v) is 4.86. The van der Waals surface area contributed by atoms with Gasteiger partial charge >= 0.3 is 11.9 Å². The molecule has 0 N–H and O–H groups in total. The highest BCUT2D eigenvalue weighted by Crippen LogP contribution is 2.09. The van der Waals surface area contributed by atoms with Crippen LogP contribution in [-0.4, -0.2) is 40.3 Å². The Morgan fingerprint density at radius 3 is 2.94 bits per heavy atom. The molecule has 1 atom stereocenters.